The first-order valence-electron chi connectivity index (χ1n) is 10.6. The first kappa shape index (κ1) is 19.2. The van der Waals surface area contributed by atoms with Gasteiger partial charge in [0.1, 0.15) is 11.5 Å². The summed E-state index contributed by atoms with van der Waals surface area (Å²) in [5, 5.41) is 3.59. The molecule has 2 bridgehead atoms. The number of piperazine rings is 1. The van der Waals surface area contributed by atoms with Crippen molar-refractivity contribution < 1.29 is 9.47 Å². The van der Waals surface area contributed by atoms with Crippen LogP contribution >= 0.6 is 0 Å². The van der Waals surface area contributed by atoms with Crippen LogP contribution in [0.15, 0.2) is 72.8 Å². The monoisotopic (exact) mass is 400 g/mol. The molecule has 0 saturated carbocycles. The van der Waals surface area contributed by atoms with Crippen LogP contribution in [-0.4, -0.2) is 44.3 Å². The van der Waals surface area contributed by atoms with Gasteiger partial charge < -0.3 is 14.8 Å². The number of hydrogen-bond acceptors (Lipinski definition) is 4. The van der Waals surface area contributed by atoms with Crippen molar-refractivity contribution in [1.29, 1.82) is 0 Å². The highest BCUT2D eigenvalue weighted by molar-refractivity contribution is 5.63. The van der Waals surface area contributed by atoms with Crippen molar-refractivity contribution in [2.45, 2.75) is 24.5 Å². The molecule has 30 heavy (non-hydrogen) atoms. The summed E-state index contributed by atoms with van der Waals surface area (Å²) in [6.45, 7) is 2.98. The van der Waals surface area contributed by atoms with Crippen molar-refractivity contribution in [3.05, 3.63) is 83.9 Å². The molecule has 2 aliphatic heterocycles. The van der Waals surface area contributed by atoms with Gasteiger partial charge in [0.05, 0.1) is 14.2 Å². The Morgan fingerprint density at radius 3 is 2.00 bits per heavy atom. The summed E-state index contributed by atoms with van der Waals surface area (Å²) in [5.41, 5.74) is 5.24. The maximum absolute atomic E-state index is 5.45. The Kier molecular flexibility index (Phi) is 5.19. The molecule has 1 N–H and O–H groups in total. The van der Waals surface area contributed by atoms with Crippen LogP contribution in [0.1, 0.15) is 17.0 Å². The minimum absolute atomic E-state index is 0.517. The van der Waals surface area contributed by atoms with Gasteiger partial charge in [-0.25, -0.2) is 0 Å². The Bertz CT molecular complexity index is 969. The normalized spacial score (nSPS) is 22.9. The zero-order valence-electron chi connectivity index (χ0n) is 17.5. The highest BCUT2D eigenvalue weighted by Crippen LogP contribution is 2.44. The average Bonchev–Trinajstić information content (AvgIpc) is 2.83. The SMILES string of the molecule is COc1cc(CN2[C@@H]3CNC[C@H]2C3c2ccc(-c3ccccc3)cc2)cc(OC)c1. The van der Waals surface area contributed by atoms with Gasteiger partial charge in [-0.2, -0.15) is 0 Å². The van der Waals surface area contributed by atoms with E-state index in [4.69, 9.17) is 9.47 Å². The summed E-state index contributed by atoms with van der Waals surface area (Å²) in [4.78, 5) is 2.63. The van der Waals surface area contributed by atoms with Gasteiger partial charge in [-0.1, -0.05) is 54.6 Å². The van der Waals surface area contributed by atoms with Gasteiger partial charge in [-0.15, -0.1) is 0 Å². The first-order valence-corrected chi connectivity index (χ1v) is 10.6. The fourth-order valence-electron chi connectivity index (χ4n) is 5.06. The molecular weight excluding hydrogens is 372 g/mol. The van der Waals surface area contributed by atoms with Crippen LogP contribution in [0, 0.1) is 0 Å². The van der Waals surface area contributed by atoms with Gasteiger partial charge >= 0.3 is 0 Å². The molecule has 4 heteroatoms. The van der Waals surface area contributed by atoms with Crippen molar-refractivity contribution in [2.75, 3.05) is 27.3 Å². The van der Waals surface area contributed by atoms with E-state index in [1.165, 1.54) is 22.3 Å². The van der Waals surface area contributed by atoms with Crippen LogP contribution in [0.25, 0.3) is 11.1 Å². The fourth-order valence-corrected chi connectivity index (χ4v) is 5.06. The van der Waals surface area contributed by atoms with Gasteiger partial charge in [-0.3, -0.25) is 4.90 Å². The molecule has 3 aromatic carbocycles. The summed E-state index contributed by atoms with van der Waals surface area (Å²) < 4.78 is 10.9. The number of benzene rings is 3. The molecule has 0 aliphatic carbocycles. The molecule has 0 aromatic heterocycles. The molecule has 2 aliphatic rings. The molecule has 3 atom stereocenters. The number of methoxy groups -OCH3 is 2. The zero-order valence-corrected chi connectivity index (χ0v) is 17.5. The van der Waals surface area contributed by atoms with E-state index < -0.39 is 0 Å². The highest BCUT2D eigenvalue weighted by Gasteiger charge is 2.50. The van der Waals surface area contributed by atoms with E-state index in [0.29, 0.717) is 18.0 Å². The number of piperidine rings is 1. The van der Waals surface area contributed by atoms with Crippen LogP contribution in [0.3, 0.4) is 0 Å². The van der Waals surface area contributed by atoms with Gasteiger partial charge in [0, 0.05) is 43.7 Å². The average molecular weight is 401 g/mol. The van der Waals surface area contributed by atoms with Crippen LogP contribution in [0.4, 0.5) is 0 Å². The molecular formula is C26H28N2O2. The lowest BCUT2D eigenvalue weighted by Gasteiger charge is -2.59. The van der Waals surface area contributed by atoms with E-state index in [-0.39, 0.29) is 0 Å². The Morgan fingerprint density at radius 2 is 1.40 bits per heavy atom. The van der Waals surface area contributed by atoms with Crippen molar-refractivity contribution in [1.82, 2.24) is 10.2 Å². The molecule has 3 aromatic rings. The maximum Gasteiger partial charge on any atom is 0.122 e. The Morgan fingerprint density at radius 1 is 0.800 bits per heavy atom. The topological polar surface area (TPSA) is 33.7 Å². The largest absolute Gasteiger partial charge is 0.497 e. The standard InChI is InChI=1S/C26H28N2O2/c1-29-22-12-18(13-23(14-22)30-2)17-28-24-15-27-16-25(28)26(24)21-10-8-20(9-11-21)19-6-4-3-5-7-19/h3-14,24-27H,15-17H2,1-2H3/t24-,25+,26?. The fraction of sp³-hybridized carbons (Fsp3) is 0.308. The van der Waals surface area contributed by atoms with Crippen LogP contribution in [0.2, 0.25) is 0 Å². The zero-order chi connectivity index (χ0) is 20.5. The molecule has 2 saturated heterocycles. The summed E-state index contributed by atoms with van der Waals surface area (Å²) in [7, 11) is 3.41. The number of nitrogens with one attached hydrogen (secondary N) is 1. The minimum Gasteiger partial charge on any atom is -0.497 e. The summed E-state index contributed by atoms with van der Waals surface area (Å²) in [6.07, 6.45) is 0. The van der Waals surface area contributed by atoms with Crippen molar-refractivity contribution >= 4 is 0 Å². The Labute approximate surface area is 178 Å². The molecule has 2 heterocycles. The van der Waals surface area contributed by atoms with E-state index >= 15 is 0 Å². The molecule has 2 fully saturated rings. The molecule has 0 radical (unpaired) electrons. The van der Waals surface area contributed by atoms with E-state index in [1.54, 1.807) is 14.2 Å². The lowest BCUT2D eigenvalue weighted by atomic mass is 9.72. The number of fused-ring (bicyclic) bond motifs is 2. The van der Waals surface area contributed by atoms with Gasteiger partial charge in [0.15, 0.2) is 0 Å². The van der Waals surface area contributed by atoms with Gasteiger partial charge in [-0.05, 0) is 34.4 Å². The van der Waals surface area contributed by atoms with Gasteiger partial charge in [0.25, 0.3) is 0 Å². The molecule has 154 valence electrons. The van der Waals surface area contributed by atoms with E-state index in [1.807, 2.05) is 6.07 Å². The van der Waals surface area contributed by atoms with Crippen LogP contribution < -0.4 is 14.8 Å². The van der Waals surface area contributed by atoms with Crippen molar-refractivity contribution in [3.63, 3.8) is 0 Å². The van der Waals surface area contributed by atoms with E-state index in [9.17, 15) is 0 Å². The second-order valence-electron chi connectivity index (χ2n) is 8.20. The number of hydrogen-bond donors (Lipinski definition) is 1. The predicted molar refractivity (Wildman–Crippen MR) is 120 cm³/mol. The molecule has 1 unspecified atom stereocenters. The summed E-state index contributed by atoms with van der Waals surface area (Å²) >= 11 is 0. The Balaban J connectivity index is 1.34. The quantitative estimate of drug-likeness (QED) is 0.669. The number of ether oxygens (including phenoxy) is 2. The number of rotatable bonds is 6. The third kappa shape index (κ3) is 3.47. The van der Waals surface area contributed by atoms with Crippen molar-refractivity contribution in [2.24, 2.45) is 0 Å². The minimum atomic E-state index is 0.517. The smallest absolute Gasteiger partial charge is 0.122 e. The molecule has 5 rings (SSSR count). The lowest BCUT2D eigenvalue weighted by Crippen LogP contribution is -2.72. The third-order valence-electron chi connectivity index (χ3n) is 6.57. The second-order valence-corrected chi connectivity index (χ2v) is 8.20. The summed E-state index contributed by atoms with van der Waals surface area (Å²) in [5.74, 6) is 2.28. The molecule has 0 amide bonds. The van der Waals surface area contributed by atoms with E-state index in [2.05, 4.69) is 76.9 Å². The van der Waals surface area contributed by atoms with Crippen LogP contribution in [-0.2, 0) is 6.54 Å². The Hall–Kier alpha value is -2.82. The predicted octanol–water partition coefficient (Wildman–Crippen LogP) is 4.31. The van der Waals surface area contributed by atoms with Gasteiger partial charge in [0.2, 0.25) is 0 Å². The third-order valence-corrected chi connectivity index (χ3v) is 6.57. The van der Waals surface area contributed by atoms with E-state index in [0.717, 1.165) is 31.1 Å². The lowest BCUT2D eigenvalue weighted by molar-refractivity contribution is -0.0484. The maximum atomic E-state index is 5.45. The van der Waals surface area contributed by atoms with Crippen molar-refractivity contribution in [3.8, 4) is 22.6 Å². The molecule has 4 nitrogen and oxygen atoms in total. The first-order chi connectivity index (χ1) is 14.8. The molecule has 0 spiro atoms. The summed E-state index contributed by atoms with van der Waals surface area (Å²) in [6, 6.07) is 27.0. The number of nitrogens with zero attached hydrogens (tertiary/aromatic N) is 1. The highest BCUT2D eigenvalue weighted by atomic mass is 16.5. The van der Waals surface area contributed by atoms with Crippen LogP contribution in [0.5, 0.6) is 11.5 Å². The second kappa shape index (κ2) is 8.13.